The van der Waals surface area contributed by atoms with Gasteiger partial charge >= 0.3 is 17.9 Å². The van der Waals surface area contributed by atoms with E-state index in [0.29, 0.717) is 70.2 Å². The minimum absolute atomic E-state index is 0.0139. The Morgan fingerprint density at radius 2 is 1.29 bits per heavy atom. The van der Waals surface area contributed by atoms with Gasteiger partial charge in [-0.05, 0) is 115 Å². The van der Waals surface area contributed by atoms with Crippen LogP contribution in [0.25, 0.3) is 22.3 Å². The van der Waals surface area contributed by atoms with Gasteiger partial charge in [0.1, 0.15) is 41.8 Å². The first-order valence-electron chi connectivity index (χ1n) is 32.8. The molecule has 0 fully saturated rings. The molecule has 30 heteroatoms. The smallest absolute Gasteiger partial charge is 0.343 e. The number of imide groups is 1. The first-order valence-corrected chi connectivity index (χ1v) is 32.8. The molecule has 5 atom stereocenters. The molecule has 530 valence electrons. The zero-order chi connectivity index (χ0) is 72.3. The number of aryl methyl sites for hydroxylation is 1. The van der Waals surface area contributed by atoms with Gasteiger partial charge < -0.3 is 66.4 Å². The SMILES string of the molecule is CC[C@@]1(O)C(=O)OCc2c1cc1n(c2=O)Cc2c-1nc1cc(F)c(C)c3c1c2[C@@H](NC(=O)CCCNC(=O)CNC(=O)[C@H](Cc1ccccc1)NC(=O)CNC(=O)CNC(=O)[C@H](CC(=O)OC(C)(C)C)NC(=O)[C@H](CC(=O)OC(C)(C)C)NC(=O)CCCCCN1C(=O)C=CC1=O)CC3. The van der Waals surface area contributed by atoms with Gasteiger partial charge in [-0.25, -0.2) is 14.2 Å². The van der Waals surface area contributed by atoms with Crippen LogP contribution < -0.4 is 48.1 Å². The lowest BCUT2D eigenvalue weighted by atomic mass is 9.81. The molecule has 9 N–H and O–H groups in total. The highest BCUT2D eigenvalue weighted by Crippen LogP contribution is 2.46. The molecular formula is C69H84FN11O18. The minimum atomic E-state index is -2.07. The number of benzene rings is 2. The number of unbranched alkanes of at least 4 members (excludes halogenated alkanes) is 2. The summed E-state index contributed by atoms with van der Waals surface area (Å²) in [5.74, 6) is -10.5. The molecule has 4 aliphatic rings. The molecule has 0 saturated carbocycles. The van der Waals surface area contributed by atoms with Gasteiger partial charge in [-0.15, -0.1) is 0 Å². The van der Waals surface area contributed by atoms with Gasteiger partial charge in [-0.3, -0.25) is 67.2 Å². The monoisotopic (exact) mass is 1370 g/mol. The van der Waals surface area contributed by atoms with Crippen LogP contribution in [0.4, 0.5) is 4.39 Å². The number of halogens is 1. The molecule has 99 heavy (non-hydrogen) atoms. The summed E-state index contributed by atoms with van der Waals surface area (Å²) in [4.78, 5) is 191. The number of nitrogens with one attached hydrogen (secondary N) is 8. The van der Waals surface area contributed by atoms with Gasteiger partial charge in [0.15, 0.2) is 5.60 Å². The molecule has 0 saturated heterocycles. The minimum Gasteiger partial charge on any atom is -0.460 e. The number of pyridine rings is 2. The van der Waals surface area contributed by atoms with Crippen molar-refractivity contribution in [3.63, 3.8) is 0 Å². The number of ether oxygens (including phenoxy) is 3. The zero-order valence-corrected chi connectivity index (χ0v) is 56.5. The third-order valence-electron chi connectivity index (χ3n) is 16.9. The largest absolute Gasteiger partial charge is 0.460 e. The highest BCUT2D eigenvalue weighted by molar-refractivity contribution is 6.13. The van der Waals surface area contributed by atoms with Gasteiger partial charge in [-0.2, -0.15) is 0 Å². The number of nitrogens with zero attached hydrogens (tertiary/aromatic N) is 3. The van der Waals surface area contributed by atoms with Gasteiger partial charge in [0.25, 0.3) is 17.4 Å². The Morgan fingerprint density at radius 3 is 1.93 bits per heavy atom. The van der Waals surface area contributed by atoms with Crippen LogP contribution in [0, 0.1) is 12.7 Å². The van der Waals surface area contributed by atoms with Crippen LogP contribution in [0.1, 0.15) is 158 Å². The number of cyclic esters (lactones) is 1. The van der Waals surface area contributed by atoms with Crippen molar-refractivity contribution in [1.82, 2.24) is 57.0 Å². The lowest BCUT2D eigenvalue weighted by Crippen LogP contribution is -2.56. The van der Waals surface area contributed by atoms with Crippen molar-refractivity contribution in [1.29, 1.82) is 0 Å². The number of esters is 3. The molecule has 3 aliphatic heterocycles. The topological polar surface area (TPSA) is 404 Å². The molecule has 5 heterocycles. The Balaban J connectivity index is 0.823. The summed E-state index contributed by atoms with van der Waals surface area (Å²) in [6, 6.07) is 6.18. The standard InChI is InChI=1S/C69H84FN11O18/c1-9-69(96)42-28-49-61-40(35-81(49)65(94)41(42)36-97-66(69)95)60-44(22-21-39-37(2)43(70)29-45(78-61)59(39)60)75-51(83)20-16-25-71-52(84)32-73-62(91)46(27-38-17-12-10-13-18-38)77-54(86)34-72-53(85)33-74-63(92)47(30-57(89)98-67(3,4)5)79-64(93)48(31-58(90)99-68(6,7)8)76-50(82)19-14-11-15-26-80-55(87)23-24-56(80)88/h10,12-13,17-18,23-24,28-29,44,46-48,96H,9,11,14-16,19-22,25-27,30-36H2,1-8H3,(H,71,84)(H,72,85)(H,73,91)(H,74,92)(H,75,83)(H,76,82)(H,77,86)(H,79,93)/t44-,46-,47-,48-,69-/m0/s1. The second kappa shape index (κ2) is 32.0. The predicted molar refractivity (Wildman–Crippen MR) is 351 cm³/mol. The third kappa shape index (κ3) is 19.1. The van der Waals surface area contributed by atoms with E-state index in [9.17, 15) is 72.2 Å². The van der Waals surface area contributed by atoms with Crippen molar-refractivity contribution in [2.45, 2.75) is 187 Å². The molecule has 0 spiro atoms. The van der Waals surface area contributed by atoms with Crippen molar-refractivity contribution < 1.29 is 86.0 Å². The van der Waals surface area contributed by atoms with Crippen LogP contribution in [0.3, 0.4) is 0 Å². The van der Waals surface area contributed by atoms with E-state index in [4.69, 9.17) is 19.2 Å². The molecule has 0 radical (unpaired) electrons. The van der Waals surface area contributed by atoms with E-state index >= 15 is 4.39 Å². The fourth-order valence-corrected chi connectivity index (χ4v) is 12.1. The number of hydrogen-bond acceptors (Lipinski definition) is 19. The lowest BCUT2D eigenvalue weighted by Gasteiger charge is -2.31. The average Bonchev–Trinajstić information content (AvgIpc) is 1.61. The summed E-state index contributed by atoms with van der Waals surface area (Å²) in [7, 11) is 0. The highest BCUT2D eigenvalue weighted by atomic mass is 19.1. The van der Waals surface area contributed by atoms with Crippen LogP contribution in [-0.4, -0.2) is 159 Å². The Hall–Kier alpha value is -10.3. The van der Waals surface area contributed by atoms with Gasteiger partial charge in [0.05, 0.1) is 67.5 Å². The van der Waals surface area contributed by atoms with Gasteiger partial charge in [0, 0.05) is 67.1 Å². The first-order chi connectivity index (χ1) is 46.7. The van der Waals surface area contributed by atoms with E-state index in [-0.39, 0.29) is 81.8 Å². The van der Waals surface area contributed by atoms with Crippen LogP contribution in [0.2, 0.25) is 0 Å². The Kier molecular flexibility index (Phi) is 24.1. The van der Waals surface area contributed by atoms with E-state index in [1.54, 1.807) is 91.8 Å². The normalized spacial score (nSPS) is 16.8. The molecule has 29 nitrogen and oxygen atoms in total. The molecule has 1 aliphatic carbocycles. The Morgan fingerprint density at radius 1 is 0.697 bits per heavy atom. The summed E-state index contributed by atoms with van der Waals surface area (Å²) in [6.45, 7) is 10.5. The van der Waals surface area contributed by atoms with E-state index in [0.717, 1.165) is 22.6 Å². The van der Waals surface area contributed by atoms with Crippen molar-refractivity contribution >= 4 is 87.9 Å². The highest BCUT2D eigenvalue weighted by Gasteiger charge is 2.46. The summed E-state index contributed by atoms with van der Waals surface area (Å²) < 4.78 is 33.0. The third-order valence-corrected chi connectivity index (χ3v) is 16.9. The lowest BCUT2D eigenvalue weighted by molar-refractivity contribution is -0.172. The number of aromatic nitrogens is 2. The summed E-state index contributed by atoms with van der Waals surface area (Å²) in [5, 5.41) is 32.4. The fraction of sp³-hybridized carbons (Fsp3) is 0.493. The maximum Gasteiger partial charge on any atom is 0.343 e. The van der Waals surface area contributed by atoms with Crippen LogP contribution in [-0.2, 0) is 108 Å². The number of amides is 10. The number of rotatable bonds is 30. The number of fused-ring (bicyclic) bond motifs is 5. The quantitative estimate of drug-likeness (QED) is 0.0136. The first kappa shape index (κ1) is 74.5. The van der Waals surface area contributed by atoms with E-state index in [1.807, 2.05) is 0 Å². The number of carbonyl (C=O) groups is 13. The summed E-state index contributed by atoms with van der Waals surface area (Å²) >= 11 is 0. The summed E-state index contributed by atoms with van der Waals surface area (Å²) in [6.07, 6.45) is 2.55. The van der Waals surface area contributed by atoms with Crippen molar-refractivity contribution in [3.05, 3.63) is 110 Å². The van der Waals surface area contributed by atoms with E-state index < -0.39 is 156 Å². The van der Waals surface area contributed by atoms with Crippen molar-refractivity contribution in [2.24, 2.45) is 0 Å². The molecule has 8 rings (SSSR count). The second-order valence-electron chi connectivity index (χ2n) is 26.7. The van der Waals surface area contributed by atoms with Crippen molar-refractivity contribution in [2.75, 3.05) is 32.7 Å². The number of hydrogen-bond donors (Lipinski definition) is 9. The molecule has 10 amide bonds. The molecule has 2 aromatic heterocycles. The van der Waals surface area contributed by atoms with Crippen LogP contribution in [0.5, 0.6) is 0 Å². The van der Waals surface area contributed by atoms with Gasteiger partial charge in [-0.1, -0.05) is 43.7 Å². The van der Waals surface area contributed by atoms with Crippen molar-refractivity contribution in [3.8, 4) is 11.4 Å². The molecule has 0 unspecified atom stereocenters. The number of aliphatic hydroxyl groups is 1. The molecule has 2 aromatic carbocycles. The average molecular weight is 1370 g/mol. The van der Waals surface area contributed by atoms with Crippen LogP contribution in [0.15, 0.2) is 59.4 Å². The predicted octanol–water partition coefficient (Wildman–Crippen LogP) is 1.52. The second-order valence-corrected chi connectivity index (χ2v) is 26.7. The maximum absolute atomic E-state index is 15.5. The zero-order valence-electron chi connectivity index (χ0n) is 56.5. The van der Waals surface area contributed by atoms with E-state index in [2.05, 4.69) is 42.5 Å². The van der Waals surface area contributed by atoms with E-state index in [1.165, 1.54) is 10.6 Å². The van der Waals surface area contributed by atoms with Gasteiger partial charge in [0.2, 0.25) is 47.3 Å². The molecule has 4 aromatic rings. The summed E-state index contributed by atoms with van der Waals surface area (Å²) in [5.41, 5.74) is -0.284. The van der Waals surface area contributed by atoms with Crippen LogP contribution >= 0.6 is 0 Å². The molecular weight excluding hydrogens is 1290 g/mol. The maximum atomic E-state index is 15.5. The Bertz CT molecular complexity index is 3970. The fourth-order valence-electron chi connectivity index (χ4n) is 12.1. The Labute approximate surface area is 569 Å². The number of carbonyl (C=O) groups excluding carboxylic acids is 13. The molecule has 0 bridgehead atoms.